The number of rotatable bonds is 6. The van der Waals surface area contributed by atoms with Crippen LogP contribution in [-0.4, -0.2) is 56.3 Å². The number of hydrogen-bond donors (Lipinski definition) is 2. The summed E-state index contributed by atoms with van der Waals surface area (Å²) in [6.45, 7) is 2.32. The Kier molecular flexibility index (Phi) is 8.22. The van der Waals surface area contributed by atoms with Crippen molar-refractivity contribution in [2.24, 2.45) is 17.6 Å². The van der Waals surface area contributed by atoms with Gasteiger partial charge in [0.2, 0.25) is 11.8 Å². The molecule has 2 aliphatic rings. The molecule has 4 aromatic rings. The van der Waals surface area contributed by atoms with Gasteiger partial charge in [0.1, 0.15) is 11.2 Å². The smallest absolute Gasteiger partial charge is 0.388 e. The number of carbonyl (C=O) groups is 1. The first kappa shape index (κ1) is 28.6. The molecule has 3 aromatic heterocycles. The highest BCUT2D eigenvalue weighted by Crippen LogP contribution is 2.38. The highest BCUT2D eigenvalue weighted by atomic mass is 35.5. The molecule has 11 nitrogen and oxygen atoms in total. The largest absolute Gasteiger partial charge is 0.411 e. The van der Waals surface area contributed by atoms with Gasteiger partial charge >= 0.3 is 6.09 Å². The van der Waals surface area contributed by atoms with E-state index in [4.69, 9.17) is 43.6 Å². The maximum Gasteiger partial charge on any atom is 0.411 e. The van der Waals surface area contributed by atoms with E-state index in [0.717, 1.165) is 37.2 Å². The van der Waals surface area contributed by atoms with E-state index in [2.05, 4.69) is 42.5 Å². The zero-order chi connectivity index (χ0) is 29.9. The zero-order valence-corrected chi connectivity index (χ0v) is 24.2. The maximum absolute atomic E-state index is 11.5. The third kappa shape index (κ3) is 6.02. The summed E-state index contributed by atoms with van der Waals surface area (Å²) in [7, 11) is 0. The number of nitrogens with zero attached hydrogens (tertiary/aromatic N) is 6. The molecule has 1 saturated carbocycles. The number of morpholine rings is 1. The molecule has 1 amide bonds. The summed E-state index contributed by atoms with van der Waals surface area (Å²) in [5, 5.41) is 8.73. The fraction of sp³-hybridized carbons (Fsp3) is 0.355. The summed E-state index contributed by atoms with van der Waals surface area (Å²) >= 11 is 6.36. The van der Waals surface area contributed by atoms with Crippen LogP contribution in [0.3, 0.4) is 0 Å². The van der Waals surface area contributed by atoms with Gasteiger partial charge in [-0.15, -0.1) is 12.3 Å². The number of primary amides is 1. The van der Waals surface area contributed by atoms with E-state index in [9.17, 15) is 4.79 Å². The van der Waals surface area contributed by atoms with Crippen LogP contribution in [-0.2, 0) is 16.0 Å². The lowest BCUT2D eigenvalue weighted by Gasteiger charge is -2.37. The number of pyridine rings is 1. The van der Waals surface area contributed by atoms with Gasteiger partial charge in [-0.2, -0.15) is 4.98 Å². The summed E-state index contributed by atoms with van der Waals surface area (Å²) in [4.78, 5) is 32.3. The molecule has 43 heavy (non-hydrogen) atoms. The summed E-state index contributed by atoms with van der Waals surface area (Å²) < 4.78 is 13.0. The second-order valence-electron chi connectivity index (χ2n) is 10.8. The third-order valence-corrected chi connectivity index (χ3v) is 8.27. The summed E-state index contributed by atoms with van der Waals surface area (Å²) in [6, 6.07) is 11.9. The molecule has 4 heterocycles. The fourth-order valence-corrected chi connectivity index (χ4v) is 6.15. The number of amides is 1. The Labute approximate surface area is 253 Å². The standard InChI is InChI=1S/C31H31ClN8O3/c1-2-19-8-10-20(11-9-19)17-40-26-25(22-14-23(32)16-35-15-22)36-29(27(33)43-30(34)41)37-28(26)38-31(40)39-12-13-42-18-24(39)21-6-4-3-5-7-21/h1,3-7,14-16,19-20,24,33H,8-13,17-18H2,(H2,34,41)/t19-,20-,24-/m0/s1. The number of nitrogens with two attached hydrogens (primary N) is 1. The quantitative estimate of drug-likeness (QED) is 0.180. The fourth-order valence-electron chi connectivity index (χ4n) is 5.97. The number of imidazole rings is 1. The number of benzene rings is 1. The number of hydrogen-bond acceptors (Lipinski definition) is 9. The molecule has 2 fully saturated rings. The van der Waals surface area contributed by atoms with Gasteiger partial charge in [-0.3, -0.25) is 10.4 Å². The van der Waals surface area contributed by atoms with Gasteiger partial charge in [0.25, 0.3) is 5.90 Å². The molecular weight excluding hydrogens is 568 g/mol. The zero-order valence-electron chi connectivity index (χ0n) is 23.4. The van der Waals surface area contributed by atoms with Crippen molar-refractivity contribution in [1.29, 1.82) is 5.41 Å². The summed E-state index contributed by atoms with van der Waals surface area (Å²) in [5.41, 5.74) is 8.41. The average Bonchev–Trinajstić information content (AvgIpc) is 3.39. The Balaban J connectivity index is 1.55. The number of halogens is 1. The lowest BCUT2D eigenvalue weighted by molar-refractivity contribution is 0.0927. The highest BCUT2D eigenvalue weighted by Gasteiger charge is 2.32. The molecule has 220 valence electrons. The molecule has 0 radical (unpaired) electrons. The Hall–Kier alpha value is -4.53. The Morgan fingerprint density at radius 3 is 2.67 bits per heavy atom. The van der Waals surface area contributed by atoms with E-state index in [1.165, 1.54) is 6.20 Å². The van der Waals surface area contributed by atoms with E-state index < -0.39 is 12.0 Å². The van der Waals surface area contributed by atoms with Crippen LogP contribution >= 0.6 is 11.6 Å². The number of nitrogens with one attached hydrogen (secondary N) is 1. The molecule has 0 unspecified atom stereocenters. The Bertz CT molecular complexity index is 1690. The topological polar surface area (TPSA) is 145 Å². The molecule has 0 bridgehead atoms. The van der Waals surface area contributed by atoms with Crippen molar-refractivity contribution >= 4 is 40.7 Å². The molecule has 6 rings (SSSR count). The molecule has 1 atom stereocenters. The second kappa shape index (κ2) is 12.4. The molecular formula is C31H31ClN8O3. The van der Waals surface area contributed by atoms with E-state index in [0.29, 0.717) is 65.6 Å². The number of ether oxygens (including phenoxy) is 2. The summed E-state index contributed by atoms with van der Waals surface area (Å²) in [6.07, 6.45) is 11.7. The van der Waals surface area contributed by atoms with Crippen LogP contribution in [0.4, 0.5) is 10.7 Å². The number of terminal acetylenes is 1. The monoisotopic (exact) mass is 598 g/mol. The normalized spacial score (nSPS) is 20.5. The van der Waals surface area contributed by atoms with Crippen LogP contribution in [0.1, 0.15) is 43.1 Å². The van der Waals surface area contributed by atoms with E-state index >= 15 is 0 Å². The van der Waals surface area contributed by atoms with Gasteiger partial charge in [-0.05, 0) is 43.2 Å². The van der Waals surface area contributed by atoms with Crippen LogP contribution in [0.5, 0.6) is 0 Å². The highest BCUT2D eigenvalue weighted by molar-refractivity contribution is 6.30. The second-order valence-corrected chi connectivity index (χ2v) is 11.2. The Morgan fingerprint density at radius 1 is 1.16 bits per heavy atom. The van der Waals surface area contributed by atoms with Crippen molar-refractivity contribution in [2.75, 3.05) is 24.7 Å². The van der Waals surface area contributed by atoms with Crippen LogP contribution < -0.4 is 10.6 Å². The van der Waals surface area contributed by atoms with Crippen molar-refractivity contribution < 1.29 is 14.3 Å². The first-order chi connectivity index (χ1) is 20.9. The van der Waals surface area contributed by atoms with Crippen LogP contribution in [0.25, 0.3) is 22.4 Å². The Morgan fingerprint density at radius 2 is 1.95 bits per heavy atom. The van der Waals surface area contributed by atoms with Crippen molar-refractivity contribution in [3.8, 4) is 23.6 Å². The van der Waals surface area contributed by atoms with Gasteiger partial charge in [-0.25, -0.2) is 14.8 Å². The van der Waals surface area contributed by atoms with Gasteiger partial charge in [0, 0.05) is 37.0 Å². The van der Waals surface area contributed by atoms with Crippen LogP contribution in [0.15, 0.2) is 48.8 Å². The van der Waals surface area contributed by atoms with Gasteiger partial charge in [0.05, 0.1) is 24.3 Å². The third-order valence-electron chi connectivity index (χ3n) is 8.06. The number of aromatic nitrogens is 5. The lowest BCUT2D eigenvalue weighted by atomic mass is 9.82. The number of carbonyl (C=O) groups excluding carboxylic acids is 1. The minimum Gasteiger partial charge on any atom is -0.388 e. The van der Waals surface area contributed by atoms with E-state index in [1.807, 2.05) is 18.2 Å². The molecule has 12 heteroatoms. The van der Waals surface area contributed by atoms with Crippen molar-refractivity contribution in [2.45, 2.75) is 38.3 Å². The van der Waals surface area contributed by atoms with Crippen LogP contribution in [0, 0.1) is 29.6 Å². The van der Waals surface area contributed by atoms with Crippen molar-refractivity contribution in [3.63, 3.8) is 0 Å². The van der Waals surface area contributed by atoms with E-state index in [-0.39, 0.29) is 11.9 Å². The SMILES string of the molecule is C#C[C@H]1CC[C@H](Cn2c(N3CCOC[C@H]3c3ccccc3)nc3nc(C(=N)OC(N)=O)nc(-c4cncc(Cl)c4)c32)CC1. The summed E-state index contributed by atoms with van der Waals surface area (Å²) in [5.74, 6) is 3.59. The minimum atomic E-state index is -1.13. The van der Waals surface area contributed by atoms with E-state index in [1.54, 1.807) is 12.3 Å². The first-order valence-corrected chi connectivity index (χ1v) is 14.6. The van der Waals surface area contributed by atoms with Gasteiger partial charge < -0.3 is 24.7 Å². The molecule has 1 aliphatic carbocycles. The van der Waals surface area contributed by atoms with Crippen LogP contribution in [0.2, 0.25) is 5.02 Å². The first-order valence-electron chi connectivity index (χ1n) is 14.2. The van der Waals surface area contributed by atoms with Crippen molar-refractivity contribution in [3.05, 3.63) is 65.2 Å². The molecule has 0 spiro atoms. The number of anilines is 1. The van der Waals surface area contributed by atoms with Crippen molar-refractivity contribution in [1.82, 2.24) is 24.5 Å². The molecule has 1 aliphatic heterocycles. The maximum atomic E-state index is 11.5. The molecule has 3 N–H and O–H groups in total. The predicted molar refractivity (Wildman–Crippen MR) is 163 cm³/mol. The molecule has 1 aromatic carbocycles. The average molecular weight is 599 g/mol. The minimum absolute atomic E-state index is 0.0806. The molecule has 1 saturated heterocycles. The lowest BCUT2D eigenvalue weighted by Crippen LogP contribution is -2.41. The number of fused-ring (bicyclic) bond motifs is 1. The predicted octanol–water partition coefficient (Wildman–Crippen LogP) is 4.98. The van der Waals surface area contributed by atoms with Gasteiger partial charge in [-0.1, -0.05) is 41.9 Å². The van der Waals surface area contributed by atoms with Gasteiger partial charge in [0.15, 0.2) is 5.65 Å².